The Balaban J connectivity index is 1.87. The summed E-state index contributed by atoms with van der Waals surface area (Å²) in [6, 6.07) is 16.7. The molecule has 0 radical (unpaired) electrons. The zero-order valence-electron chi connectivity index (χ0n) is 12.2. The third kappa shape index (κ3) is 4.27. The maximum Gasteiger partial charge on any atom is 0.225 e. The first-order chi connectivity index (χ1) is 10.7. The van der Waals surface area contributed by atoms with Gasteiger partial charge in [-0.15, -0.1) is 11.8 Å². The summed E-state index contributed by atoms with van der Waals surface area (Å²) in [5.74, 6) is 1.34. The largest absolute Gasteiger partial charge is 0.496 e. The van der Waals surface area contributed by atoms with Gasteiger partial charge < -0.3 is 10.1 Å². The highest BCUT2D eigenvalue weighted by Gasteiger charge is 2.08. The van der Waals surface area contributed by atoms with Crippen molar-refractivity contribution in [3.05, 3.63) is 54.1 Å². The Morgan fingerprint density at radius 3 is 2.73 bits per heavy atom. The molecule has 2 rings (SSSR count). The van der Waals surface area contributed by atoms with Gasteiger partial charge in [0.1, 0.15) is 11.8 Å². The van der Waals surface area contributed by atoms with Gasteiger partial charge in [0.25, 0.3) is 0 Å². The van der Waals surface area contributed by atoms with Crippen LogP contribution in [0.2, 0.25) is 0 Å². The minimum absolute atomic E-state index is 0.106. The highest BCUT2D eigenvalue weighted by atomic mass is 32.2. The van der Waals surface area contributed by atoms with Crippen LogP contribution in [-0.2, 0) is 4.79 Å². The number of thioether (sulfide) groups is 1. The zero-order valence-corrected chi connectivity index (χ0v) is 13.0. The summed E-state index contributed by atoms with van der Waals surface area (Å²) >= 11 is 1.57. The van der Waals surface area contributed by atoms with Gasteiger partial charge in [0.05, 0.1) is 18.4 Å². The summed E-state index contributed by atoms with van der Waals surface area (Å²) in [5.41, 5.74) is 1.02. The molecule has 112 valence electrons. The van der Waals surface area contributed by atoms with Crippen molar-refractivity contribution in [1.29, 1.82) is 5.26 Å². The molecule has 0 aromatic heterocycles. The summed E-state index contributed by atoms with van der Waals surface area (Å²) in [6.45, 7) is 0. The van der Waals surface area contributed by atoms with Gasteiger partial charge in [-0.25, -0.2) is 0 Å². The molecule has 0 heterocycles. The van der Waals surface area contributed by atoms with Gasteiger partial charge in [0.2, 0.25) is 5.91 Å². The minimum atomic E-state index is -0.106. The number of nitrogens with one attached hydrogen (secondary N) is 1. The van der Waals surface area contributed by atoms with E-state index in [1.54, 1.807) is 43.1 Å². The van der Waals surface area contributed by atoms with Crippen LogP contribution in [0.25, 0.3) is 0 Å². The van der Waals surface area contributed by atoms with Crippen molar-refractivity contribution in [3.8, 4) is 11.8 Å². The van der Waals surface area contributed by atoms with Gasteiger partial charge in [-0.2, -0.15) is 5.26 Å². The van der Waals surface area contributed by atoms with Crippen molar-refractivity contribution < 1.29 is 9.53 Å². The van der Waals surface area contributed by atoms with E-state index in [1.165, 1.54) is 0 Å². The van der Waals surface area contributed by atoms with Gasteiger partial charge in [-0.05, 0) is 24.3 Å². The van der Waals surface area contributed by atoms with Crippen molar-refractivity contribution in [2.45, 2.75) is 11.3 Å². The third-order valence-corrected chi connectivity index (χ3v) is 4.03. The average molecular weight is 312 g/mol. The predicted octanol–water partition coefficient (Wildman–Crippen LogP) is 3.69. The monoisotopic (exact) mass is 312 g/mol. The van der Waals surface area contributed by atoms with Crippen molar-refractivity contribution in [1.82, 2.24) is 0 Å². The molecule has 4 nitrogen and oxygen atoms in total. The van der Waals surface area contributed by atoms with Gasteiger partial charge in [-0.1, -0.05) is 24.3 Å². The van der Waals surface area contributed by atoms with Crippen LogP contribution in [0.4, 0.5) is 5.69 Å². The molecule has 0 aliphatic rings. The van der Waals surface area contributed by atoms with Gasteiger partial charge in [0, 0.05) is 17.1 Å². The van der Waals surface area contributed by atoms with E-state index in [9.17, 15) is 4.79 Å². The lowest BCUT2D eigenvalue weighted by Crippen LogP contribution is -2.13. The number of anilines is 1. The van der Waals surface area contributed by atoms with Gasteiger partial charge >= 0.3 is 0 Å². The second kappa shape index (κ2) is 8.11. The number of carbonyl (C=O) groups excluding carboxylic acids is 1. The van der Waals surface area contributed by atoms with Crippen LogP contribution in [0.1, 0.15) is 12.0 Å². The van der Waals surface area contributed by atoms with E-state index in [2.05, 4.69) is 11.4 Å². The predicted molar refractivity (Wildman–Crippen MR) is 88.1 cm³/mol. The van der Waals surface area contributed by atoms with E-state index in [1.807, 2.05) is 24.3 Å². The van der Waals surface area contributed by atoms with E-state index in [4.69, 9.17) is 10.00 Å². The lowest BCUT2D eigenvalue weighted by molar-refractivity contribution is -0.115. The number of carbonyl (C=O) groups is 1. The quantitative estimate of drug-likeness (QED) is 0.826. The number of benzene rings is 2. The molecule has 0 spiro atoms. The average Bonchev–Trinajstić information content (AvgIpc) is 2.55. The van der Waals surface area contributed by atoms with Crippen molar-refractivity contribution in [2.24, 2.45) is 0 Å². The number of nitriles is 1. The summed E-state index contributed by atoms with van der Waals surface area (Å²) in [4.78, 5) is 13.0. The molecule has 0 aliphatic carbocycles. The standard InChI is InChI=1S/C17H16N2O2S/c1-21-15-8-4-5-9-16(15)22-11-10-17(20)19-14-7-3-2-6-13(14)12-18/h2-9H,10-11H2,1H3,(H,19,20). The molecular weight excluding hydrogens is 296 g/mol. The number of methoxy groups -OCH3 is 1. The second-order valence-electron chi connectivity index (χ2n) is 4.45. The Bertz CT molecular complexity index is 695. The Labute approximate surface area is 134 Å². The van der Waals surface area contributed by atoms with E-state index in [-0.39, 0.29) is 5.91 Å². The molecule has 2 aromatic carbocycles. The first-order valence-electron chi connectivity index (χ1n) is 6.79. The van der Waals surface area contributed by atoms with Crippen LogP contribution < -0.4 is 10.1 Å². The lowest BCUT2D eigenvalue weighted by Gasteiger charge is -2.08. The highest BCUT2D eigenvalue weighted by Crippen LogP contribution is 2.29. The Kier molecular flexibility index (Phi) is 5.87. The first-order valence-corrected chi connectivity index (χ1v) is 7.78. The van der Waals surface area contributed by atoms with Crippen LogP contribution in [0, 0.1) is 11.3 Å². The number of amides is 1. The molecule has 0 unspecified atom stereocenters. The Morgan fingerprint density at radius 2 is 1.95 bits per heavy atom. The molecule has 0 saturated heterocycles. The second-order valence-corrected chi connectivity index (χ2v) is 5.59. The van der Waals surface area contributed by atoms with Crippen LogP contribution >= 0.6 is 11.8 Å². The third-order valence-electron chi connectivity index (χ3n) is 2.98. The minimum Gasteiger partial charge on any atom is -0.496 e. The molecule has 1 amide bonds. The first kappa shape index (κ1) is 15.9. The van der Waals surface area contributed by atoms with Crippen LogP contribution in [0.3, 0.4) is 0 Å². The molecule has 5 heteroatoms. The molecule has 2 aromatic rings. The number of hydrogen-bond acceptors (Lipinski definition) is 4. The Morgan fingerprint density at radius 1 is 1.23 bits per heavy atom. The van der Waals surface area contributed by atoms with E-state index in [0.29, 0.717) is 23.4 Å². The number of hydrogen-bond donors (Lipinski definition) is 1. The molecule has 0 fully saturated rings. The topological polar surface area (TPSA) is 62.1 Å². The molecule has 22 heavy (non-hydrogen) atoms. The number of rotatable bonds is 6. The number of ether oxygens (including phenoxy) is 1. The lowest BCUT2D eigenvalue weighted by atomic mass is 10.2. The normalized spacial score (nSPS) is 9.82. The smallest absolute Gasteiger partial charge is 0.225 e. The van der Waals surface area contributed by atoms with Gasteiger partial charge in [0.15, 0.2) is 0 Å². The zero-order chi connectivity index (χ0) is 15.8. The number of para-hydroxylation sites is 2. The van der Waals surface area contributed by atoms with Gasteiger partial charge in [-0.3, -0.25) is 4.79 Å². The fourth-order valence-electron chi connectivity index (χ4n) is 1.89. The van der Waals surface area contributed by atoms with Crippen LogP contribution in [0.5, 0.6) is 5.75 Å². The molecule has 0 atom stereocenters. The molecular formula is C17H16N2O2S. The highest BCUT2D eigenvalue weighted by molar-refractivity contribution is 7.99. The number of nitrogens with zero attached hydrogens (tertiary/aromatic N) is 1. The van der Waals surface area contributed by atoms with Crippen molar-refractivity contribution >= 4 is 23.4 Å². The molecule has 0 bridgehead atoms. The SMILES string of the molecule is COc1ccccc1SCCC(=O)Nc1ccccc1C#N. The maximum absolute atomic E-state index is 12.0. The van der Waals surface area contributed by atoms with E-state index < -0.39 is 0 Å². The summed E-state index contributed by atoms with van der Waals surface area (Å²) < 4.78 is 5.27. The fourth-order valence-corrected chi connectivity index (χ4v) is 2.87. The maximum atomic E-state index is 12.0. The van der Waals surface area contributed by atoms with Crippen LogP contribution in [-0.4, -0.2) is 18.8 Å². The van der Waals surface area contributed by atoms with Crippen LogP contribution in [0.15, 0.2) is 53.4 Å². The fraction of sp³-hybridized carbons (Fsp3) is 0.176. The molecule has 0 saturated carbocycles. The summed E-state index contributed by atoms with van der Waals surface area (Å²) in [7, 11) is 1.63. The van der Waals surface area contributed by atoms with E-state index in [0.717, 1.165) is 10.6 Å². The van der Waals surface area contributed by atoms with Crippen molar-refractivity contribution in [2.75, 3.05) is 18.2 Å². The summed E-state index contributed by atoms with van der Waals surface area (Å²) in [6.07, 6.45) is 0.364. The summed E-state index contributed by atoms with van der Waals surface area (Å²) in [5, 5.41) is 11.8. The molecule has 0 aliphatic heterocycles. The Hall–Kier alpha value is -2.45. The molecule has 1 N–H and O–H groups in total. The van der Waals surface area contributed by atoms with E-state index >= 15 is 0 Å². The van der Waals surface area contributed by atoms with Crippen molar-refractivity contribution in [3.63, 3.8) is 0 Å².